The van der Waals surface area contributed by atoms with Crippen molar-refractivity contribution in [3.05, 3.63) is 47.5 Å². The van der Waals surface area contributed by atoms with Crippen LogP contribution in [0, 0.1) is 17.3 Å². The van der Waals surface area contributed by atoms with Gasteiger partial charge in [0.1, 0.15) is 0 Å². The molecule has 2 atom stereocenters. The first-order valence-corrected chi connectivity index (χ1v) is 7.39. The number of amides is 1. The number of hydrogen-bond acceptors (Lipinski definition) is 1. The zero-order chi connectivity index (χ0) is 14.8. The van der Waals surface area contributed by atoms with E-state index in [1.807, 2.05) is 18.2 Å². The maximum Gasteiger partial charge on any atom is 0.224 e. The number of rotatable bonds is 5. The molecule has 1 aliphatic rings. The predicted octanol–water partition coefficient (Wildman–Crippen LogP) is 3.58. The van der Waals surface area contributed by atoms with Gasteiger partial charge >= 0.3 is 0 Å². The van der Waals surface area contributed by atoms with Crippen LogP contribution in [0.3, 0.4) is 0 Å². The summed E-state index contributed by atoms with van der Waals surface area (Å²) in [5.74, 6) is 0.728. The van der Waals surface area contributed by atoms with Crippen LogP contribution in [0.2, 0.25) is 0 Å². The fraction of sp³-hybridized carbons (Fsp3) is 0.500. The number of nitrogens with one attached hydrogen (secondary N) is 1. The lowest BCUT2D eigenvalue weighted by Gasteiger charge is -2.06. The molecule has 0 heterocycles. The minimum Gasteiger partial charge on any atom is -0.355 e. The summed E-state index contributed by atoms with van der Waals surface area (Å²) in [5, 5.41) is 3.08. The van der Waals surface area contributed by atoms with E-state index in [0.717, 1.165) is 13.0 Å². The zero-order valence-electron chi connectivity index (χ0n) is 12.9. The van der Waals surface area contributed by atoms with Gasteiger partial charge in [0.05, 0.1) is 5.92 Å². The third kappa shape index (κ3) is 3.30. The lowest BCUT2D eigenvalue weighted by Crippen LogP contribution is -2.28. The quantitative estimate of drug-likeness (QED) is 0.815. The Balaban J connectivity index is 1.83. The van der Waals surface area contributed by atoms with Gasteiger partial charge in [-0.3, -0.25) is 4.79 Å². The Bertz CT molecular complexity index is 497. The summed E-state index contributed by atoms with van der Waals surface area (Å²) in [6, 6.07) is 10.3. The molecule has 0 bridgehead atoms. The van der Waals surface area contributed by atoms with Gasteiger partial charge in [-0.05, 0) is 37.2 Å². The van der Waals surface area contributed by atoms with E-state index in [0.29, 0.717) is 5.92 Å². The molecule has 1 aliphatic carbocycles. The smallest absolute Gasteiger partial charge is 0.224 e. The molecule has 0 aromatic heterocycles. The maximum atomic E-state index is 12.3. The molecule has 0 radical (unpaired) electrons. The van der Waals surface area contributed by atoms with Crippen molar-refractivity contribution < 1.29 is 4.79 Å². The Hall–Kier alpha value is -1.57. The highest BCUT2D eigenvalue weighted by Crippen LogP contribution is 2.59. The molecule has 1 aromatic carbocycles. The molecule has 108 valence electrons. The van der Waals surface area contributed by atoms with Crippen LogP contribution in [0.1, 0.15) is 33.3 Å². The van der Waals surface area contributed by atoms with Gasteiger partial charge in [0.25, 0.3) is 0 Å². The second-order valence-electron chi connectivity index (χ2n) is 6.60. The summed E-state index contributed by atoms with van der Waals surface area (Å²) in [4.78, 5) is 12.3. The fourth-order valence-electron chi connectivity index (χ4n) is 2.93. The lowest BCUT2D eigenvalue weighted by molar-refractivity contribution is -0.123. The van der Waals surface area contributed by atoms with Crippen molar-refractivity contribution in [3.8, 4) is 0 Å². The van der Waals surface area contributed by atoms with Crippen LogP contribution in [0.25, 0.3) is 0 Å². The highest BCUT2D eigenvalue weighted by atomic mass is 16.2. The van der Waals surface area contributed by atoms with E-state index in [2.05, 4.69) is 51.2 Å². The Labute approximate surface area is 122 Å². The van der Waals surface area contributed by atoms with Gasteiger partial charge in [-0.2, -0.15) is 0 Å². The predicted molar refractivity (Wildman–Crippen MR) is 83.3 cm³/mol. The van der Waals surface area contributed by atoms with Gasteiger partial charge in [-0.1, -0.05) is 55.8 Å². The van der Waals surface area contributed by atoms with Crippen molar-refractivity contribution in [1.82, 2.24) is 5.32 Å². The molecule has 2 nitrogen and oxygen atoms in total. The third-order valence-corrected chi connectivity index (χ3v) is 4.26. The van der Waals surface area contributed by atoms with Crippen LogP contribution in [-0.2, 0) is 11.2 Å². The molecule has 1 saturated carbocycles. The van der Waals surface area contributed by atoms with Gasteiger partial charge in [-0.15, -0.1) is 0 Å². The van der Waals surface area contributed by atoms with Gasteiger partial charge in [0, 0.05) is 6.54 Å². The molecular formula is C18H25NO. The minimum absolute atomic E-state index is 0.105. The summed E-state index contributed by atoms with van der Waals surface area (Å²) in [7, 11) is 0. The average Bonchev–Trinajstić information content (AvgIpc) is 2.91. The SMILES string of the molecule is CC(C)=C[C@@H]1[C@H](C(=O)NCCc2ccccc2)C1(C)C. The van der Waals surface area contributed by atoms with Gasteiger partial charge in [0.15, 0.2) is 0 Å². The van der Waals surface area contributed by atoms with E-state index in [4.69, 9.17) is 0 Å². The molecule has 1 amide bonds. The summed E-state index contributed by atoms with van der Waals surface area (Å²) in [5.41, 5.74) is 2.67. The topological polar surface area (TPSA) is 29.1 Å². The minimum atomic E-state index is 0.105. The van der Waals surface area contributed by atoms with E-state index in [1.165, 1.54) is 11.1 Å². The molecule has 0 aliphatic heterocycles. The highest BCUT2D eigenvalue weighted by molar-refractivity contribution is 5.83. The number of carbonyl (C=O) groups is 1. The van der Waals surface area contributed by atoms with Crippen LogP contribution >= 0.6 is 0 Å². The van der Waals surface area contributed by atoms with Crippen molar-refractivity contribution in [1.29, 1.82) is 0 Å². The Kier molecular flexibility index (Phi) is 4.32. The standard InChI is InChI=1S/C18H25NO/c1-13(2)12-15-16(18(15,3)4)17(20)19-11-10-14-8-6-5-7-9-14/h5-9,12,15-16H,10-11H2,1-4H3,(H,19,20)/t15-,16-/m1/s1. The van der Waals surface area contributed by atoms with E-state index in [-0.39, 0.29) is 17.2 Å². The van der Waals surface area contributed by atoms with Gasteiger partial charge in [-0.25, -0.2) is 0 Å². The lowest BCUT2D eigenvalue weighted by atomic mass is 10.1. The van der Waals surface area contributed by atoms with Crippen LogP contribution in [0.4, 0.5) is 0 Å². The highest BCUT2D eigenvalue weighted by Gasteiger charge is 2.60. The van der Waals surface area contributed by atoms with Crippen LogP contribution in [0.15, 0.2) is 42.0 Å². The zero-order valence-corrected chi connectivity index (χ0v) is 12.9. The first-order chi connectivity index (χ1) is 9.43. The number of benzene rings is 1. The number of hydrogen-bond donors (Lipinski definition) is 1. The normalized spacial score (nSPS) is 23.0. The summed E-state index contributed by atoms with van der Waals surface area (Å²) in [6.07, 6.45) is 3.13. The monoisotopic (exact) mass is 271 g/mol. The summed E-state index contributed by atoms with van der Waals surface area (Å²) in [6.45, 7) is 9.27. The Morgan fingerprint density at radius 3 is 2.50 bits per heavy atom. The van der Waals surface area contributed by atoms with Crippen LogP contribution in [-0.4, -0.2) is 12.5 Å². The second-order valence-corrected chi connectivity index (χ2v) is 6.60. The van der Waals surface area contributed by atoms with Crippen LogP contribution in [0.5, 0.6) is 0 Å². The van der Waals surface area contributed by atoms with Gasteiger partial charge < -0.3 is 5.32 Å². The second kappa shape index (κ2) is 5.82. The molecule has 1 fully saturated rings. The number of allylic oxidation sites excluding steroid dienone is 2. The van der Waals surface area contributed by atoms with Crippen molar-refractivity contribution >= 4 is 5.91 Å². The largest absolute Gasteiger partial charge is 0.355 e. The van der Waals surface area contributed by atoms with Crippen molar-refractivity contribution in [2.75, 3.05) is 6.54 Å². The third-order valence-electron chi connectivity index (χ3n) is 4.26. The Morgan fingerprint density at radius 2 is 1.90 bits per heavy atom. The summed E-state index contributed by atoms with van der Waals surface area (Å²) < 4.78 is 0. The van der Waals surface area contributed by atoms with Crippen molar-refractivity contribution in [3.63, 3.8) is 0 Å². The molecular weight excluding hydrogens is 246 g/mol. The van der Waals surface area contributed by atoms with Crippen LogP contribution < -0.4 is 5.32 Å². The summed E-state index contributed by atoms with van der Waals surface area (Å²) >= 11 is 0. The number of carbonyl (C=O) groups excluding carboxylic acids is 1. The van der Waals surface area contributed by atoms with E-state index >= 15 is 0 Å². The molecule has 1 N–H and O–H groups in total. The molecule has 0 unspecified atom stereocenters. The van der Waals surface area contributed by atoms with E-state index < -0.39 is 0 Å². The average molecular weight is 271 g/mol. The molecule has 1 aromatic rings. The molecule has 0 saturated heterocycles. The molecule has 20 heavy (non-hydrogen) atoms. The first-order valence-electron chi connectivity index (χ1n) is 7.39. The maximum absolute atomic E-state index is 12.3. The van der Waals surface area contributed by atoms with Crippen molar-refractivity contribution in [2.24, 2.45) is 17.3 Å². The molecule has 2 heteroatoms. The Morgan fingerprint density at radius 1 is 1.25 bits per heavy atom. The fourth-order valence-corrected chi connectivity index (χ4v) is 2.93. The van der Waals surface area contributed by atoms with E-state index in [9.17, 15) is 4.79 Å². The molecule has 2 rings (SSSR count). The van der Waals surface area contributed by atoms with Crippen molar-refractivity contribution in [2.45, 2.75) is 34.1 Å². The van der Waals surface area contributed by atoms with E-state index in [1.54, 1.807) is 0 Å². The molecule has 0 spiro atoms. The first kappa shape index (κ1) is 14.8. The van der Waals surface area contributed by atoms with Gasteiger partial charge in [0.2, 0.25) is 5.91 Å².